The number of hydrogen-bond acceptors (Lipinski definition) is 4. The average Bonchev–Trinajstić information content (AvgIpc) is 2.52. The Labute approximate surface area is 146 Å². The lowest BCUT2D eigenvalue weighted by molar-refractivity contribution is -0.141. The van der Waals surface area contributed by atoms with E-state index in [1.54, 1.807) is 0 Å². The van der Waals surface area contributed by atoms with Gasteiger partial charge in [-0.3, -0.25) is 9.59 Å². The van der Waals surface area contributed by atoms with E-state index in [2.05, 4.69) is 6.92 Å². The molecule has 0 aromatic heterocycles. The minimum absolute atomic E-state index is 0.0483. The lowest BCUT2D eigenvalue weighted by Crippen LogP contribution is -2.06. The summed E-state index contributed by atoms with van der Waals surface area (Å²) in [6, 6.07) is 0. The van der Waals surface area contributed by atoms with Gasteiger partial charge in [-0.25, -0.2) is 0 Å². The van der Waals surface area contributed by atoms with Gasteiger partial charge in [0, 0.05) is 5.25 Å². The highest BCUT2D eigenvalue weighted by Crippen LogP contribution is 2.20. The third-order valence-electron chi connectivity index (χ3n) is 3.81. The van der Waals surface area contributed by atoms with Crippen LogP contribution in [0.25, 0.3) is 0 Å². The topological polar surface area (TPSA) is 63.6 Å². The first kappa shape index (κ1) is 22.3. The maximum Gasteiger partial charge on any atom is 0.318 e. The second-order valence-corrected chi connectivity index (χ2v) is 7.39. The zero-order valence-corrected chi connectivity index (χ0v) is 15.7. The summed E-state index contributed by atoms with van der Waals surface area (Å²) in [4.78, 5) is 21.6. The first-order valence-corrected chi connectivity index (χ1v) is 9.94. The number of unbranched alkanes of at least 4 members (excludes halogenated alkanes) is 9. The molecule has 5 heteroatoms. The van der Waals surface area contributed by atoms with Gasteiger partial charge in [0.2, 0.25) is 0 Å². The van der Waals surface area contributed by atoms with Crippen LogP contribution >= 0.6 is 12.0 Å². The van der Waals surface area contributed by atoms with Crippen LogP contribution in [0, 0.1) is 0 Å². The van der Waals surface area contributed by atoms with Gasteiger partial charge in [0.25, 0.3) is 0 Å². The van der Waals surface area contributed by atoms with Gasteiger partial charge in [0.05, 0.1) is 24.9 Å². The lowest BCUT2D eigenvalue weighted by atomic mass is 10.1. The van der Waals surface area contributed by atoms with Crippen LogP contribution in [-0.4, -0.2) is 22.3 Å². The molecule has 0 amide bonds. The summed E-state index contributed by atoms with van der Waals surface area (Å²) in [7, 11) is 0. The van der Waals surface area contributed by atoms with Crippen molar-refractivity contribution in [2.45, 2.75) is 103 Å². The van der Waals surface area contributed by atoms with Gasteiger partial charge in [0.1, 0.15) is 0 Å². The number of aliphatic carboxylic acids is 1. The predicted molar refractivity (Wildman–Crippen MR) is 96.5 cm³/mol. The van der Waals surface area contributed by atoms with Crippen molar-refractivity contribution in [3.8, 4) is 0 Å². The van der Waals surface area contributed by atoms with Crippen LogP contribution in [0.15, 0.2) is 0 Å². The molecular formula is C18H34O4S. The van der Waals surface area contributed by atoms with Gasteiger partial charge in [-0.1, -0.05) is 78.1 Å². The van der Waals surface area contributed by atoms with Crippen molar-refractivity contribution in [3.05, 3.63) is 0 Å². The summed E-state index contributed by atoms with van der Waals surface area (Å²) in [5.74, 6) is -1.40. The van der Waals surface area contributed by atoms with Crippen molar-refractivity contribution in [3.63, 3.8) is 0 Å². The summed E-state index contributed by atoms with van der Waals surface area (Å²) < 4.78 is 5.01. The van der Waals surface area contributed by atoms with E-state index in [0.717, 1.165) is 12.8 Å². The number of hydrogen-bond donors (Lipinski definition) is 1. The first-order chi connectivity index (χ1) is 11.1. The molecule has 0 bridgehead atoms. The fraction of sp³-hybridized carbons (Fsp3) is 0.889. The number of carboxylic acids is 1. The van der Waals surface area contributed by atoms with Crippen molar-refractivity contribution in [2.75, 3.05) is 0 Å². The van der Waals surface area contributed by atoms with E-state index >= 15 is 0 Å². The second kappa shape index (κ2) is 16.2. The molecule has 136 valence electrons. The van der Waals surface area contributed by atoms with Crippen molar-refractivity contribution in [1.82, 2.24) is 0 Å². The summed E-state index contributed by atoms with van der Waals surface area (Å²) in [5.41, 5.74) is 0. The van der Waals surface area contributed by atoms with E-state index in [1.165, 1.54) is 69.8 Å². The zero-order chi connectivity index (χ0) is 17.3. The Kier molecular flexibility index (Phi) is 15.7. The molecule has 0 aromatic carbocycles. The fourth-order valence-electron chi connectivity index (χ4n) is 2.35. The highest BCUT2D eigenvalue weighted by atomic mass is 32.2. The molecule has 0 aromatic rings. The summed E-state index contributed by atoms with van der Waals surface area (Å²) in [6.45, 7) is 4.29. The Morgan fingerprint density at radius 3 is 1.96 bits per heavy atom. The summed E-state index contributed by atoms with van der Waals surface area (Å²) in [6.07, 6.45) is 14.0. The molecule has 0 heterocycles. The van der Waals surface area contributed by atoms with Crippen molar-refractivity contribution < 1.29 is 18.9 Å². The van der Waals surface area contributed by atoms with E-state index in [1.807, 2.05) is 6.92 Å². The molecule has 1 unspecified atom stereocenters. The third-order valence-corrected chi connectivity index (χ3v) is 4.66. The number of carbonyl (C=O) groups excluding carboxylic acids is 1. The van der Waals surface area contributed by atoms with Gasteiger partial charge in [0.15, 0.2) is 0 Å². The molecule has 1 atom stereocenters. The summed E-state index contributed by atoms with van der Waals surface area (Å²) in [5, 5.41) is 8.76. The van der Waals surface area contributed by atoms with Gasteiger partial charge in [-0.05, 0) is 6.42 Å². The third kappa shape index (κ3) is 17.5. The maximum atomic E-state index is 11.3. The standard InChI is InChI=1S/C18H34O4S/c1-3-4-5-6-7-8-9-10-11-12-13-16(2)23-22-18(21)15-14-17(19)20/h16H,3-15H2,1-2H3,(H,19,20). The minimum atomic E-state index is -0.967. The molecule has 1 N–H and O–H groups in total. The van der Waals surface area contributed by atoms with Gasteiger partial charge >= 0.3 is 11.9 Å². The SMILES string of the molecule is CCCCCCCCCCCCC(C)SOC(=O)CCC(=O)O. The molecule has 4 nitrogen and oxygen atoms in total. The number of rotatable bonds is 16. The van der Waals surface area contributed by atoms with E-state index in [-0.39, 0.29) is 18.1 Å². The Morgan fingerprint density at radius 1 is 0.913 bits per heavy atom. The van der Waals surface area contributed by atoms with E-state index < -0.39 is 11.9 Å². The van der Waals surface area contributed by atoms with Crippen LogP contribution in [0.4, 0.5) is 0 Å². The van der Waals surface area contributed by atoms with Gasteiger partial charge in [-0.2, -0.15) is 0 Å². The summed E-state index contributed by atoms with van der Waals surface area (Å²) >= 11 is 1.17. The van der Waals surface area contributed by atoms with E-state index in [4.69, 9.17) is 9.29 Å². The first-order valence-electron chi connectivity index (χ1n) is 9.14. The van der Waals surface area contributed by atoms with Gasteiger partial charge in [-0.15, -0.1) is 0 Å². The molecule has 0 spiro atoms. The Bertz CT molecular complexity index is 307. The average molecular weight is 347 g/mol. The molecule has 0 saturated heterocycles. The molecule has 0 aliphatic heterocycles. The minimum Gasteiger partial charge on any atom is -0.481 e. The van der Waals surface area contributed by atoms with Crippen LogP contribution < -0.4 is 0 Å². The Balaban J connectivity index is 3.31. The normalized spacial score (nSPS) is 12.1. The van der Waals surface area contributed by atoms with Crippen molar-refractivity contribution >= 4 is 24.0 Å². The highest BCUT2D eigenvalue weighted by molar-refractivity contribution is 7.95. The van der Waals surface area contributed by atoms with Crippen molar-refractivity contribution in [1.29, 1.82) is 0 Å². The molecule has 0 saturated carbocycles. The van der Waals surface area contributed by atoms with Crippen LogP contribution in [0.3, 0.4) is 0 Å². The van der Waals surface area contributed by atoms with E-state index in [0.29, 0.717) is 0 Å². The molecule has 23 heavy (non-hydrogen) atoms. The quantitative estimate of drug-likeness (QED) is 0.285. The van der Waals surface area contributed by atoms with E-state index in [9.17, 15) is 9.59 Å². The monoisotopic (exact) mass is 346 g/mol. The molecule has 0 radical (unpaired) electrons. The Hall–Kier alpha value is -0.710. The molecular weight excluding hydrogens is 312 g/mol. The second-order valence-electron chi connectivity index (χ2n) is 6.23. The zero-order valence-electron chi connectivity index (χ0n) is 14.8. The largest absolute Gasteiger partial charge is 0.481 e. The molecule has 0 aliphatic rings. The molecule has 0 rings (SSSR count). The lowest BCUT2D eigenvalue weighted by Gasteiger charge is -2.10. The number of carbonyl (C=O) groups is 2. The fourth-order valence-corrected chi connectivity index (χ4v) is 2.97. The smallest absolute Gasteiger partial charge is 0.318 e. The van der Waals surface area contributed by atoms with Crippen LogP contribution in [-0.2, 0) is 13.8 Å². The van der Waals surface area contributed by atoms with Crippen LogP contribution in [0.2, 0.25) is 0 Å². The predicted octanol–water partition coefficient (Wildman–Crippen LogP) is 5.74. The van der Waals surface area contributed by atoms with Crippen molar-refractivity contribution in [2.24, 2.45) is 0 Å². The van der Waals surface area contributed by atoms with Gasteiger partial charge < -0.3 is 9.29 Å². The highest BCUT2D eigenvalue weighted by Gasteiger charge is 2.10. The van der Waals surface area contributed by atoms with Crippen LogP contribution in [0.1, 0.15) is 97.3 Å². The maximum absolute atomic E-state index is 11.3. The molecule has 0 fully saturated rings. The molecule has 0 aliphatic carbocycles. The Morgan fingerprint density at radius 2 is 1.43 bits per heavy atom. The van der Waals surface area contributed by atoms with Crippen LogP contribution in [0.5, 0.6) is 0 Å². The number of carboxylic acid groups (broad SMARTS) is 1.